The van der Waals surface area contributed by atoms with Crippen LogP contribution in [-0.2, 0) is 14.5 Å². The van der Waals surface area contributed by atoms with Crippen molar-refractivity contribution < 1.29 is 14.5 Å². The molecule has 2 aromatic carbocycles. The first-order valence-corrected chi connectivity index (χ1v) is 11.6. The molecule has 0 aliphatic carbocycles. The van der Waals surface area contributed by atoms with Gasteiger partial charge in [-0.1, -0.05) is 62.4 Å². The Kier molecular flexibility index (Phi) is 7.92. The quantitative estimate of drug-likeness (QED) is 0.376. The van der Waals surface area contributed by atoms with Crippen molar-refractivity contribution in [3.63, 3.8) is 0 Å². The highest BCUT2D eigenvalue weighted by molar-refractivity contribution is 5.97. The van der Waals surface area contributed by atoms with Crippen LogP contribution < -0.4 is 16.3 Å². The highest BCUT2D eigenvalue weighted by atomic mass is 16.7. The summed E-state index contributed by atoms with van der Waals surface area (Å²) in [4.78, 5) is 28.3. The Bertz CT molecular complexity index is 1180. The second-order valence-corrected chi connectivity index (χ2v) is 8.68. The number of anilines is 1. The van der Waals surface area contributed by atoms with E-state index in [2.05, 4.69) is 41.2 Å². The molecular weight excluding hydrogens is 440 g/mol. The number of benzene rings is 2. The van der Waals surface area contributed by atoms with Gasteiger partial charge in [0, 0.05) is 29.3 Å². The molecule has 0 saturated carbocycles. The van der Waals surface area contributed by atoms with Gasteiger partial charge in [0.15, 0.2) is 6.10 Å². The molecule has 3 aromatic rings. The van der Waals surface area contributed by atoms with E-state index in [0.717, 1.165) is 22.4 Å². The van der Waals surface area contributed by atoms with Crippen molar-refractivity contribution >= 4 is 17.3 Å². The van der Waals surface area contributed by atoms with Crippen molar-refractivity contribution in [2.45, 2.75) is 33.0 Å². The first-order chi connectivity index (χ1) is 17.0. The Morgan fingerprint density at radius 3 is 2.49 bits per heavy atom. The van der Waals surface area contributed by atoms with Gasteiger partial charge in [-0.2, -0.15) is 0 Å². The Morgan fingerprint density at radius 2 is 1.80 bits per heavy atom. The zero-order chi connectivity index (χ0) is 24.6. The monoisotopic (exact) mass is 470 g/mol. The topological polar surface area (TPSA) is 84.5 Å². The number of hydrogen-bond donors (Lipinski definition) is 3. The summed E-state index contributed by atoms with van der Waals surface area (Å²) >= 11 is 0. The number of carbonyl (C=O) groups is 1. The Hall–Kier alpha value is -3.94. The Labute approximate surface area is 205 Å². The molecule has 2 atom stereocenters. The number of amides is 1. The SMILES string of the molecule is CC(=CC(C)C)NOC(c1ccccc1)c1ccc(NC(=O)[C@@H]2C=C(c3cccnc3)NO2)cc1. The minimum absolute atomic E-state index is 0.267. The highest BCUT2D eigenvalue weighted by Gasteiger charge is 2.25. The second kappa shape index (κ2) is 11.5. The summed E-state index contributed by atoms with van der Waals surface area (Å²) in [5, 5.41) is 2.90. The maximum absolute atomic E-state index is 12.7. The lowest BCUT2D eigenvalue weighted by Gasteiger charge is -2.20. The fourth-order valence-corrected chi connectivity index (χ4v) is 3.75. The van der Waals surface area contributed by atoms with Gasteiger partial charge in [0.1, 0.15) is 6.10 Å². The predicted molar refractivity (Wildman–Crippen MR) is 136 cm³/mol. The second-order valence-electron chi connectivity index (χ2n) is 8.68. The number of nitrogens with one attached hydrogen (secondary N) is 3. The van der Waals surface area contributed by atoms with Crippen LogP contribution in [0.25, 0.3) is 5.70 Å². The van der Waals surface area contributed by atoms with E-state index in [1.807, 2.05) is 73.7 Å². The zero-order valence-corrected chi connectivity index (χ0v) is 20.1. The van der Waals surface area contributed by atoms with E-state index in [9.17, 15) is 4.79 Å². The van der Waals surface area contributed by atoms with Gasteiger partial charge >= 0.3 is 0 Å². The summed E-state index contributed by atoms with van der Waals surface area (Å²) in [6.45, 7) is 6.22. The highest BCUT2D eigenvalue weighted by Crippen LogP contribution is 2.27. The average molecular weight is 471 g/mol. The fraction of sp³-hybridized carbons (Fsp3) is 0.214. The van der Waals surface area contributed by atoms with E-state index in [1.54, 1.807) is 18.5 Å². The molecule has 3 N–H and O–H groups in total. The van der Waals surface area contributed by atoms with Crippen molar-refractivity contribution in [1.82, 2.24) is 15.9 Å². The first-order valence-electron chi connectivity index (χ1n) is 11.6. The van der Waals surface area contributed by atoms with Crippen LogP contribution >= 0.6 is 0 Å². The van der Waals surface area contributed by atoms with Crippen LogP contribution in [0.15, 0.2) is 97.0 Å². The van der Waals surface area contributed by atoms with Gasteiger partial charge in [0.2, 0.25) is 0 Å². The third-order valence-corrected chi connectivity index (χ3v) is 5.35. The molecule has 35 heavy (non-hydrogen) atoms. The van der Waals surface area contributed by atoms with E-state index in [4.69, 9.17) is 9.68 Å². The van der Waals surface area contributed by atoms with E-state index < -0.39 is 6.10 Å². The van der Waals surface area contributed by atoms with Crippen molar-refractivity contribution in [3.05, 3.63) is 114 Å². The van der Waals surface area contributed by atoms with Gasteiger partial charge in [0.05, 0.1) is 5.70 Å². The molecule has 1 unspecified atom stereocenters. The molecule has 1 aliphatic rings. The number of rotatable bonds is 9. The van der Waals surface area contributed by atoms with E-state index in [-0.39, 0.29) is 12.0 Å². The van der Waals surface area contributed by atoms with Crippen molar-refractivity contribution in [1.29, 1.82) is 0 Å². The van der Waals surface area contributed by atoms with Crippen LogP contribution in [-0.4, -0.2) is 17.0 Å². The molecule has 0 radical (unpaired) electrons. The summed E-state index contributed by atoms with van der Waals surface area (Å²) < 4.78 is 0. The molecule has 0 saturated heterocycles. The lowest BCUT2D eigenvalue weighted by atomic mass is 10.0. The number of pyridine rings is 1. The lowest BCUT2D eigenvalue weighted by Crippen LogP contribution is -2.28. The van der Waals surface area contributed by atoms with E-state index in [0.29, 0.717) is 17.3 Å². The van der Waals surface area contributed by atoms with Crippen LogP contribution in [0.2, 0.25) is 0 Å². The number of hydrogen-bond acceptors (Lipinski definition) is 6. The molecule has 1 aliphatic heterocycles. The smallest absolute Gasteiger partial charge is 0.260 e. The molecule has 0 spiro atoms. The summed E-state index contributed by atoms with van der Waals surface area (Å²) in [6.07, 6.45) is 6.18. The molecule has 7 heteroatoms. The third kappa shape index (κ3) is 6.56. The number of allylic oxidation sites excluding steroid dienone is 2. The lowest BCUT2D eigenvalue weighted by molar-refractivity contribution is -0.125. The van der Waals surface area contributed by atoms with Crippen LogP contribution in [0.5, 0.6) is 0 Å². The molecule has 1 aromatic heterocycles. The maximum Gasteiger partial charge on any atom is 0.260 e. The van der Waals surface area contributed by atoms with Crippen molar-refractivity contribution in [2.24, 2.45) is 5.92 Å². The van der Waals surface area contributed by atoms with Gasteiger partial charge < -0.3 is 5.32 Å². The molecule has 2 heterocycles. The molecule has 180 valence electrons. The van der Waals surface area contributed by atoms with Crippen LogP contribution in [0.4, 0.5) is 5.69 Å². The van der Waals surface area contributed by atoms with Crippen LogP contribution in [0.1, 0.15) is 43.6 Å². The van der Waals surface area contributed by atoms with Gasteiger partial charge in [-0.15, -0.1) is 0 Å². The first kappa shape index (κ1) is 24.2. The normalized spacial score (nSPS) is 16.4. The summed E-state index contributed by atoms with van der Waals surface area (Å²) in [7, 11) is 0. The Balaban J connectivity index is 1.44. The number of aromatic nitrogens is 1. The largest absolute Gasteiger partial charge is 0.323 e. The fourth-order valence-electron chi connectivity index (χ4n) is 3.75. The van der Waals surface area contributed by atoms with Gasteiger partial charge in [-0.25, -0.2) is 0 Å². The maximum atomic E-state index is 12.7. The van der Waals surface area contributed by atoms with Crippen molar-refractivity contribution in [2.75, 3.05) is 5.32 Å². The van der Waals surface area contributed by atoms with Gasteiger partial charge in [-0.05, 0) is 54.3 Å². The molecule has 0 fully saturated rings. The average Bonchev–Trinajstić information content (AvgIpc) is 3.37. The van der Waals surface area contributed by atoms with E-state index in [1.165, 1.54) is 0 Å². The summed E-state index contributed by atoms with van der Waals surface area (Å²) in [5.74, 6) is 0.148. The predicted octanol–water partition coefficient (Wildman–Crippen LogP) is 5.14. The third-order valence-electron chi connectivity index (χ3n) is 5.35. The summed E-state index contributed by atoms with van der Waals surface area (Å²) in [5.41, 5.74) is 11.0. The van der Waals surface area contributed by atoms with Gasteiger partial charge in [0.25, 0.3) is 5.91 Å². The summed E-state index contributed by atoms with van der Waals surface area (Å²) in [6, 6.07) is 21.3. The number of carbonyl (C=O) groups excluding carboxylic acids is 1. The van der Waals surface area contributed by atoms with E-state index >= 15 is 0 Å². The Morgan fingerprint density at radius 1 is 1.06 bits per heavy atom. The molecule has 1 amide bonds. The molecule has 7 nitrogen and oxygen atoms in total. The minimum Gasteiger partial charge on any atom is -0.323 e. The zero-order valence-electron chi connectivity index (χ0n) is 20.1. The molecule has 0 bridgehead atoms. The standard InChI is InChI=1S/C28H30N4O3/c1-19(2)16-20(3)31-35-27(21-8-5-4-6-9-21)22-11-13-24(14-12-22)30-28(33)26-17-25(32-34-26)23-10-7-15-29-18-23/h4-19,26-27,31-32H,1-3H3,(H,30,33)/t26-,27?/m0/s1. The molecule has 4 rings (SSSR count). The molecular formula is C28H30N4O3. The van der Waals surface area contributed by atoms with Crippen LogP contribution in [0, 0.1) is 5.92 Å². The number of hydroxylamine groups is 2. The number of nitrogens with zero attached hydrogens (tertiary/aromatic N) is 1. The van der Waals surface area contributed by atoms with Crippen LogP contribution in [0.3, 0.4) is 0 Å². The minimum atomic E-state index is -0.745. The van der Waals surface area contributed by atoms with Crippen molar-refractivity contribution in [3.8, 4) is 0 Å². The van der Waals surface area contributed by atoms with Gasteiger partial charge in [-0.3, -0.25) is 30.4 Å².